The largest absolute Gasteiger partial charge is 0.392 e. The summed E-state index contributed by atoms with van der Waals surface area (Å²) in [5.74, 6) is 0.497. The number of carbonyl (C=O) groups is 1. The average molecular weight is 195 g/mol. The minimum atomic E-state index is 0.0363. The third-order valence-corrected chi connectivity index (χ3v) is 2.92. The smallest absolute Gasteiger partial charge is 0.234 e. The van der Waals surface area contributed by atoms with Gasteiger partial charge in [-0.2, -0.15) is 0 Å². The number of hydrogen-bond acceptors (Lipinski definition) is 3. The van der Waals surface area contributed by atoms with Gasteiger partial charge in [0.25, 0.3) is 0 Å². The summed E-state index contributed by atoms with van der Waals surface area (Å²) in [5, 5.41) is 11.7. The Morgan fingerprint density at radius 1 is 1.54 bits per heavy atom. The Morgan fingerprint density at radius 2 is 2.38 bits per heavy atom. The van der Waals surface area contributed by atoms with Gasteiger partial charge in [-0.05, 0) is 17.7 Å². The van der Waals surface area contributed by atoms with Crippen LogP contribution in [0.5, 0.6) is 0 Å². The summed E-state index contributed by atoms with van der Waals surface area (Å²) < 4.78 is 0. The van der Waals surface area contributed by atoms with Crippen LogP contribution in [-0.2, 0) is 11.4 Å². The van der Waals surface area contributed by atoms with Crippen LogP contribution >= 0.6 is 11.8 Å². The molecule has 0 bridgehead atoms. The second-order valence-electron chi connectivity index (χ2n) is 2.83. The molecule has 0 spiro atoms. The molecule has 1 aromatic rings. The first-order chi connectivity index (χ1) is 6.29. The molecule has 4 heteroatoms. The maximum Gasteiger partial charge on any atom is 0.234 e. The predicted octanol–water partition coefficient (Wildman–Crippen LogP) is 1.22. The molecule has 2 rings (SSSR count). The van der Waals surface area contributed by atoms with E-state index in [1.807, 2.05) is 18.2 Å². The lowest BCUT2D eigenvalue weighted by Gasteiger charge is -2.16. The van der Waals surface area contributed by atoms with Crippen molar-refractivity contribution < 1.29 is 9.90 Å². The molecule has 1 aromatic carbocycles. The van der Waals surface area contributed by atoms with Gasteiger partial charge in [0.15, 0.2) is 0 Å². The highest BCUT2D eigenvalue weighted by molar-refractivity contribution is 8.00. The van der Waals surface area contributed by atoms with Gasteiger partial charge in [-0.1, -0.05) is 6.07 Å². The molecular formula is C9H9NO2S. The van der Waals surface area contributed by atoms with E-state index in [2.05, 4.69) is 5.32 Å². The van der Waals surface area contributed by atoms with E-state index in [4.69, 9.17) is 5.11 Å². The summed E-state index contributed by atoms with van der Waals surface area (Å²) >= 11 is 1.50. The fourth-order valence-corrected chi connectivity index (χ4v) is 2.09. The fourth-order valence-electron chi connectivity index (χ4n) is 1.22. The molecule has 1 amide bonds. The second kappa shape index (κ2) is 3.40. The van der Waals surface area contributed by atoms with Crippen LogP contribution < -0.4 is 5.32 Å². The summed E-state index contributed by atoms with van der Waals surface area (Å²) in [6.45, 7) is 0.0434. The second-order valence-corrected chi connectivity index (χ2v) is 3.84. The van der Waals surface area contributed by atoms with Gasteiger partial charge in [-0.3, -0.25) is 4.79 Å². The van der Waals surface area contributed by atoms with Crippen molar-refractivity contribution in [3.05, 3.63) is 23.8 Å². The molecule has 68 valence electrons. The van der Waals surface area contributed by atoms with Gasteiger partial charge in [-0.25, -0.2) is 0 Å². The van der Waals surface area contributed by atoms with E-state index in [-0.39, 0.29) is 12.5 Å². The molecule has 1 heterocycles. The first-order valence-corrected chi connectivity index (χ1v) is 4.94. The molecule has 0 saturated carbocycles. The Hall–Kier alpha value is -1.00. The summed E-state index contributed by atoms with van der Waals surface area (Å²) in [6.07, 6.45) is 0. The number of aliphatic hydroxyl groups excluding tert-OH is 1. The molecule has 2 N–H and O–H groups in total. The van der Waals surface area contributed by atoms with E-state index in [1.165, 1.54) is 11.8 Å². The fraction of sp³-hybridized carbons (Fsp3) is 0.222. The molecule has 1 aliphatic heterocycles. The average Bonchev–Trinajstić information content (AvgIpc) is 2.17. The summed E-state index contributed by atoms with van der Waals surface area (Å²) in [5.41, 5.74) is 1.72. The van der Waals surface area contributed by atoms with Gasteiger partial charge in [-0.15, -0.1) is 11.8 Å². The predicted molar refractivity (Wildman–Crippen MR) is 51.7 cm³/mol. The van der Waals surface area contributed by atoms with Gasteiger partial charge >= 0.3 is 0 Å². The zero-order chi connectivity index (χ0) is 9.26. The maximum atomic E-state index is 11.0. The quantitative estimate of drug-likeness (QED) is 0.708. The molecule has 1 aliphatic rings. The van der Waals surface area contributed by atoms with E-state index in [0.717, 1.165) is 16.1 Å². The third kappa shape index (κ3) is 1.68. The topological polar surface area (TPSA) is 49.3 Å². The number of carbonyl (C=O) groups excluding carboxylic acids is 1. The highest BCUT2D eigenvalue weighted by Crippen LogP contribution is 2.31. The normalized spacial score (nSPS) is 15.0. The van der Waals surface area contributed by atoms with Gasteiger partial charge in [0.2, 0.25) is 5.91 Å². The van der Waals surface area contributed by atoms with Gasteiger partial charge < -0.3 is 10.4 Å². The van der Waals surface area contributed by atoms with Crippen molar-refractivity contribution in [2.45, 2.75) is 11.5 Å². The molecule has 0 aliphatic carbocycles. The summed E-state index contributed by atoms with van der Waals surface area (Å²) in [6, 6.07) is 5.54. The van der Waals surface area contributed by atoms with Crippen molar-refractivity contribution in [3.63, 3.8) is 0 Å². The molecule has 0 atom stereocenters. The van der Waals surface area contributed by atoms with Crippen molar-refractivity contribution in [1.29, 1.82) is 0 Å². The number of anilines is 1. The van der Waals surface area contributed by atoms with Crippen molar-refractivity contribution >= 4 is 23.4 Å². The van der Waals surface area contributed by atoms with Crippen LogP contribution in [0, 0.1) is 0 Å². The van der Waals surface area contributed by atoms with Crippen molar-refractivity contribution in [2.24, 2.45) is 0 Å². The summed E-state index contributed by atoms with van der Waals surface area (Å²) in [7, 11) is 0. The molecule has 0 saturated heterocycles. The van der Waals surface area contributed by atoms with Crippen LogP contribution in [0.4, 0.5) is 5.69 Å². The van der Waals surface area contributed by atoms with Crippen LogP contribution in [0.2, 0.25) is 0 Å². The number of rotatable bonds is 1. The lowest BCUT2D eigenvalue weighted by atomic mass is 10.2. The van der Waals surface area contributed by atoms with Crippen molar-refractivity contribution in [2.75, 3.05) is 11.1 Å². The number of hydrogen-bond donors (Lipinski definition) is 2. The first-order valence-electron chi connectivity index (χ1n) is 3.96. The van der Waals surface area contributed by atoms with E-state index >= 15 is 0 Å². The highest BCUT2D eigenvalue weighted by atomic mass is 32.2. The molecular weight excluding hydrogens is 186 g/mol. The number of fused-ring (bicyclic) bond motifs is 1. The monoisotopic (exact) mass is 195 g/mol. The Kier molecular flexibility index (Phi) is 2.24. The number of amides is 1. The van der Waals surface area contributed by atoms with Crippen LogP contribution in [-0.4, -0.2) is 16.8 Å². The molecule has 3 nitrogen and oxygen atoms in total. The molecule has 0 radical (unpaired) electrons. The van der Waals surface area contributed by atoms with Crippen LogP contribution in [0.1, 0.15) is 5.56 Å². The Bertz CT molecular complexity index is 351. The van der Waals surface area contributed by atoms with Gasteiger partial charge in [0, 0.05) is 4.90 Å². The third-order valence-electron chi connectivity index (χ3n) is 1.86. The molecule has 0 fully saturated rings. The zero-order valence-corrected chi connectivity index (χ0v) is 7.73. The molecule has 0 unspecified atom stereocenters. The van der Waals surface area contributed by atoms with E-state index < -0.39 is 0 Å². The lowest BCUT2D eigenvalue weighted by molar-refractivity contribution is -0.113. The van der Waals surface area contributed by atoms with E-state index in [1.54, 1.807) is 0 Å². The minimum absolute atomic E-state index is 0.0363. The molecule has 13 heavy (non-hydrogen) atoms. The van der Waals surface area contributed by atoms with Crippen LogP contribution in [0.15, 0.2) is 23.1 Å². The Morgan fingerprint density at radius 3 is 3.15 bits per heavy atom. The van der Waals surface area contributed by atoms with Crippen LogP contribution in [0.25, 0.3) is 0 Å². The number of nitrogens with one attached hydrogen (secondary N) is 1. The zero-order valence-electron chi connectivity index (χ0n) is 6.91. The Labute approximate surface area is 80.1 Å². The SMILES string of the molecule is O=C1CSc2cc(CO)ccc2N1. The van der Waals surface area contributed by atoms with Crippen molar-refractivity contribution in [3.8, 4) is 0 Å². The molecule has 0 aromatic heterocycles. The van der Waals surface area contributed by atoms with Gasteiger partial charge in [0.1, 0.15) is 0 Å². The van der Waals surface area contributed by atoms with E-state index in [0.29, 0.717) is 5.75 Å². The Balaban J connectivity index is 2.36. The minimum Gasteiger partial charge on any atom is -0.392 e. The van der Waals surface area contributed by atoms with E-state index in [9.17, 15) is 4.79 Å². The van der Waals surface area contributed by atoms with Gasteiger partial charge in [0.05, 0.1) is 18.0 Å². The van der Waals surface area contributed by atoms with Crippen LogP contribution in [0.3, 0.4) is 0 Å². The van der Waals surface area contributed by atoms with Crippen molar-refractivity contribution in [1.82, 2.24) is 0 Å². The number of benzene rings is 1. The number of aliphatic hydroxyl groups is 1. The standard InChI is InChI=1S/C9H9NO2S/c11-4-6-1-2-7-8(3-6)13-5-9(12)10-7/h1-3,11H,4-5H2,(H,10,12). The first kappa shape index (κ1) is 8.59. The maximum absolute atomic E-state index is 11.0. The summed E-state index contributed by atoms with van der Waals surface area (Å²) in [4.78, 5) is 12.0. The highest BCUT2D eigenvalue weighted by Gasteiger charge is 2.14. The number of thioether (sulfide) groups is 1. The lowest BCUT2D eigenvalue weighted by Crippen LogP contribution is -2.18.